The SMILES string of the molecule is c1ccc(-c2nccc3c2oc2cccnc23)c(-c2ccccc2-n2c3ccccc3c3ccccc32)c1. The molecule has 0 bridgehead atoms. The molecule has 4 nitrogen and oxygen atoms in total. The molecule has 4 heteroatoms. The van der Waals surface area contributed by atoms with Gasteiger partial charge in [0.15, 0.2) is 11.2 Å². The molecule has 38 heavy (non-hydrogen) atoms. The van der Waals surface area contributed by atoms with E-state index >= 15 is 0 Å². The maximum atomic E-state index is 6.32. The Bertz CT molecular complexity index is 2100. The molecular weight excluding hydrogens is 466 g/mol. The average Bonchev–Trinajstić information content (AvgIpc) is 3.53. The Kier molecular flexibility index (Phi) is 4.49. The summed E-state index contributed by atoms with van der Waals surface area (Å²) in [6.07, 6.45) is 3.64. The van der Waals surface area contributed by atoms with Gasteiger partial charge in [-0.05, 0) is 42.0 Å². The zero-order valence-electron chi connectivity index (χ0n) is 20.4. The Balaban J connectivity index is 1.43. The fourth-order valence-electron chi connectivity index (χ4n) is 5.72. The zero-order chi connectivity index (χ0) is 25.1. The van der Waals surface area contributed by atoms with Crippen LogP contribution in [0.2, 0.25) is 0 Å². The molecule has 4 aromatic carbocycles. The van der Waals surface area contributed by atoms with E-state index in [1.807, 2.05) is 24.4 Å². The van der Waals surface area contributed by atoms with Crippen molar-refractivity contribution in [3.63, 3.8) is 0 Å². The number of hydrogen-bond acceptors (Lipinski definition) is 3. The maximum absolute atomic E-state index is 6.32. The highest BCUT2D eigenvalue weighted by Gasteiger charge is 2.20. The van der Waals surface area contributed by atoms with E-state index in [0.717, 1.165) is 50.1 Å². The number of rotatable bonds is 3. The summed E-state index contributed by atoms with van der Waals surface area (Å²) in [7, 11) is 0. The normalized spacial score (nSPS) is 11.7. The number of fused-ring (bicyclic) bond motifs is 6. The predicted molar refractivity (Wildman–Crippen MR) is 155 cm³/mol. The Morgan fingerprint density at radius 3 is 1.95 bits per heavy atom. The van der Waals surface area contributed by atoms with Crippen LogP contribution >= 0.6 is 0 Å². The first kappa shape index (κ1) is 20.9. The summed E-state index contributed by atoms with van der Waals surface area (Å²) >= 11 is 0. The molecule has 0 spiro atoms. The fraction of sp³-hybridized carbons (Fsp3) is 0. The third-order valence-corrected chi connectivity index (χ3v) is 7.34. The Morgan fingerprint density at radius 1 is 0.500 bits per heavy atom. The van der Waals surface area contributed by atoms with Gasteiger partial charge in [0.05, 0.1) is 22.1 Å². The van der Waals surface area contributed by atoms with Crippen LogP contribution in [0.15, 0.2) is 132 Å². The molecule has 0 N–H and O–H groups in total. The van der Waals surface area contributed by atoms with Crippen LogP contribution in [0.5, 0.6) is 0 Å². The molecule has 4 heterocycles. The van der Waals surface area contributed by atoms with Gasteiger partial charge in [0.25, 0.3) is 0 Å². The van der Waals surface area contributed by atoms with E-state index in [9.17, 15) is 0 Å². The maximum Gasteiger partial charge on any atom is 0.163 e. The Morgan fingerprint density at radius 2 is 1.16 bits per heavy atom. The van der Waals surface area contributed by atoms with Crippen molar-refractivity contribution >= 4 is 43.9 Å². The topological polar surface area (TPSA) is 43.9 Å². The molecule has 0 aliphatic carbocycles. The molecule has 0 radical (unpaired) electrons. The molecule has 4 aromatic heterocycles. The predicted octanol–water partition coefficient (Wildman–Crippen LogP) is 8.81. The van der Waals surface area contributed by atoms with Gasteiger partial charge in [-0.2, -0.15) is 0 Å². The third-order valence-electron chi connectivity index (χ3n) is 7.34. The second kappa shape index (κ2) is 8.15. The first-order valence-electron chi connectivity index (χ1n) is 12.7. The summed E-state index contributed by atoms with van der Waals surface area (Å²) in [6.45, 7) is 0. The quantitative estimate of drug-likeness (QED) is 0.250. The van der Waals surface area contributed by atoms with E-state index < -0.39 is 0 Å². The van der Waals surface area contributed by atoms with Crippen molar-refractivity contribution in [3.05, 3.63) is 128 Å². The largest absolute Gasteiger partial charge is 0.452 e. The van der Waals surface area contributed by atoms with E-state index in [4.69, 9.17) is 9.40 Å². The molecule has 8 aromatic rings. The third kappa shape index (κ3) is 2.98. The lowest BCUT2D eigenvalue weighted by atomic mass is 9.95. The molecule has 0 saturated carbocycles. The summed E-state index contributed by atoms with van der Waals surface area (Å²) in [4.78, 5) is 9.39. The lowest BCUT2D eigenvalue weighted by molar-refractivity contribution is 0.667. The number of furan rings is 1. The van der Waals surface area contributed by atoms with Gasteiger partial charge in [-0.1, -0.05) is 78.9 Å². The van der Waals surface area contributed by atoms with Gasteiger partial charge in [0.2, 0.25) is 0 Å². The van der Waals surface area contributed by atoms with Gasteiger partial charge in [-0.25, -0.2) is 0 Å². The summed E-state index contributed by atoms with van der Waals surface area (Å²) in [5, 5.41) is 3.45. The van der Waals surface area contributed by atoms with Gasteiger partial charge < -0.3 is 8.98 Å². The molecule has 0 saturated heterocycles. The monoisotopic (exact) mass is 487 g/mol. The van der Waals surface area contributed by atoms with Crippen molar-refractivity contribution in [1.29, 1.82) is 0 Å². The zero-order valence-corrected chi connectivity index (χ0v) is 20.4. The number of pyridine rings is 2. The number of aromatic nitrogens is 3. The Hall–Kier alpha value is -5.22. The molecule has 0 aliphatic rings. The highest BCUT2D eigenvalue weighted by molar-refractivity contribution is 6.10. The van der Waals surface area contributed by atoms with E-state index in [0.29, 0.717) is 0 Å². The first-order chi connectivity index (χ1) is 18.9. The van der Waals surface area contributed by atoms with E-state index in [-0.39, 0.29) is 0 Å². The summed E-state index contributed by atoms with van der Waals surface area (Å²) < 4.78 is 8.69. The van der Waals surface area contributed by atoms with Crippen molar-refractivity contribution in [2.24, 2.45) is 0 Å². The van der Waals surface area contributed by atoms with Crippen LogP contribution in [0, 0.1) is 0 Å². The number of hydrogen-bond donors (Lipinski definition) is 0. The number of benzene rings is 4. The second-order valence-corrected chi connectivity index (χ2v) is 9.42. The highest BCUT2D eigenvalue weighted by atomic mass is 16.3. The summed E-state index contributed by atoms with van der Waals surface area (Å²) in [6, 6.07) is 40.1. The lowest BCUT2D eigenvalue weighted by Crippen LogP contribution is -1.98. The van der Waals surface area contributed by atoms with Crippen molar-refractivity contribution in [2.75, 3.05) is 0 Å². The standard InChI is InChI=1S/C34H21N3O/c1-2-14-26(33-34-27(19-21-36-33)32-31(38-34)18-9-20-35-32)22(10-1)23-11-3-6-15-28(23)37-29-16-7-4-12-24(29)25-13-5-8-17-30(25)37/h1-21H. The average molecular weight is 488 g/mol. The fourth-order valence-corrected chi connectivity index (χ4v) is 5.72. The molecular formula is C34H21N3O. The van der Waals surface area contributed by atoms with Gasteiger partial charge in [0.1, 0.15) is 11.2 Å². The molecule has 0 amide bonds. The first-order valence-corrected chi connectivity index (χ1v) is 12.7. The minimum Gasteiger partial charge on any atom is -0.452 e. The molecule has 178 valence electrons. The van der Waals surface area contributed by atoms with Crippen molar-refractivity contribution < 1.29 is 4.42 Å². The molecule has 0 fully saturated rings. The van der Waals surface area contributed by atoms with Crippen LogP contribution in [0.1, 0.15) is 0 Å². The van der Waals surface area contributed by atoms with Crippen LogP contribution in [0.4, 0.5) is 0 Å². The van der Waals surface area contributed by atoms with Gasteiger partial charge in [-0.15, -0.1) is 0 Å². The molecule has 0 atom stereocenters. The Labute approximate surface area is 218 Å². The van der Waals surface area contributed by atoms with Gasteiger partial charge >= 0.3 is 0 Å². The minimum atomic E-state index is 0.753. The van der Waals surface area contributed by atoms with E-state index in [1.54, 1.807) is 6.20 Å². The number of para-hydroxylation sites is 3. The molecule has 0 aliphatic heterocycles. The van der Waals surface area contributed by atoms with Crippen LogP contribution in [0.25, 0.3) is 71.9 Å². The van der Waals surface area contributed by atoms with E-state index in [2.05, 4.69) is 107 Å². The van der Waals surface area contributed by atoms with Gasteiger partial charge in [-0.3, -0.25) is 9.97 Å². The lowest BCUT2D eigenvalue weighted by Gasteiger charge is -2.16. The van der Waals surface area contributed by atoms with Crippen molar-refractivity contribution in [3.8, 4) is 28.1 Å². The van der Waals surface area contributed by atoms with Crippen LogP contribution < -0.4 is 0 Å². The second-order valence-electron chi connectivity index (χ2n) is 9.42. The number of nitrogens with zero attached hydrogens (tertiary/aromatic N) is 3. The smallest absolute Gasteiger partial charge is 0.163 e. The highest BCUT2D eigenvalue weighted by Crippen LogP contribution is 2.41. The van der Waals surface area contributed by atoms with Crippen LogP contribution in [-0.2, 0) is 0 Å². The van der Waals surface area contributed by atoms with Gasteiger partial charge in [0, 0.05) is 34.3 Å². The van der Waals surface area contributed by atoms with Crippen LogP contribution in [-0.4, -0.2) is 14.5 Å². The van der Waals surface area contributed by atoms with Crippen molar-refractivity contribution in [1.82, 2.24) is 14.5 Å². The minimum absolute atomic E-state index is 0.753. The van der Waals surface area contributed by atoms with E-state index in [1.165, 1.54) is 21.8 Å². The molecule has 0 unspecified atom stereocenters. The van der Waals surface area contributed by atoms with Crippen molar-refractivity contribution in [2.45, 2.75) is 0 Å². The van der Waals surface area contributed by atoms with Crippen LogP contribution in [0.3, 0.4) is 0 Å². The summed E-state index contributed by atoms with van der Waals surface area (Å²) in [5.41, 5.74) is 9.91. The molecule has 8 rings (SSSR count). The summed E-state index contributed by atoms with van der Waals surface area (Å²) in [5.74, 6) is 0.